The van der Waals surface area contributed by atoms with E-state index >= 15 is 0 Å². The minimum Gasteiger partial charge on any atom is -0.366 e. The van der Waals surface area contributed by atoms with Gasteiger partial charge in [0.25, 0.3) is 0 Å². The maximum absolute atomic E-state index is 11.5. The second-order valence-electron chi connectivity index (χ2n) is 6.55. The molecule has 8 nitrogen and oxygen atoms in total. The molecule has 0 spiro atoms. The number of H-pyrrole nitrogens is 1. The summed E-state index contributed by atoms with van der Waals surface area (Å²) in [6, 6.07) is 21.1. The number of nitrogens with two attached hydrogens (primary N) is 1. The van der Waals surface area contributed by atoms with Crippen molar-refractivity contribution in [2.45, 2.75) is 0 Å². The van der Waals surface area contributed by atoms with Gasteiger partial charge in [0.2, 0.25) is 11.7 Å². The van der Waals surface area contributed by atoms with Crippen LogP contribution in [0.4, 0.5) is 0 Å². The molecule has 5 aromatic rings. The zero-order chi connectivity index (χ0) is 19.8. The maximum Gasteiger partial charge on any atom is 0.248 e. The van der Waals surface area contributed by atoms with Crippen LogP contribution in [0.5, 0.6) is 0 Å². The van der Waals surface area contributed by atoms with E-state index in [2.05, 4.69) is 25.6 Å². The quantitative estimate of drug-likeness (QED) is 0.496. The van der Waals surface area contributed by atoms with Gasteiger partial charge in [-0.25, -0.2) is 4.98 Å². The highest BCUT2D eigenvalue weighted by Crippen LogP contribution is 2.27. The topological polar surface area (TPSA) is 115 Å². The molecule has 0 aliphatic rings. The summed E-state index contributed by atoms with van der Waals surface area (Å²) in [6.07, 6.45) is 1.78. The van der Waals surface area contributed by atoms with Gasteiger partial charge in [0, 0.05) is 16.8 Å². The molecule has 3 N–H and O–H groups in total. The summed E-state index contributed by atoms with van der Waals surface area (Å²) in [4.78, 5) is 16.0. The summed E-state index contributed by atoms with van der Waals surface area (Å²) in [7, 11) is 0. The first kappa shape index (κ1) is 16.8. The minimum absolute atomic E-state index is 0.447. The molecule has 0 saturated carbocycles. The van der Waals surface area contributed by atoms with Crippen LogP contribution in [0.1, 0.15) is 10.4 Å². The number of nitrogens with zero attached hydrogens (tertiary/aromatic N) is 5. The zero-order valence-corrected chi connectivity index (χ0v) is 15.1. The Labute approximate surface area is 165 Å². The van der Waals surface area contributed by atoms with Gasteiger partial charge in [0.15, 0.2) is 0 Å². The number of primary amides is 1. The normalized spacial score (nSPS) is 11.0. The highest BCUT2D eigenvalue weighted by molar-refractivity contribution is 5.94. The second-order valence-corrected chi connectivity index (χ2v) is 6.55. The lowest BCUT2D eigenvalue weighted by Gasteiger charge is -2.09. The molecule has 0 fully saturated rings. The van der Waals surface area contributed by atoms with Gasteiger partial charge in [-0.05, 0) is 58.8 Å². The number of rotatable bonds is 4. The van der Waals surface area contributed by atoms with Crippen molar-refractivity contribution in [1.29, 1.82) is 0 Å². The predicted molar refractivity (Wildman–Crippen MR) is 108 cm³/mol. The van der Waals surface area contributed by atoms with E-state index < -0.39 is 5.91 Å². The average Bonchev–Trinajstić information content (AvgIpc) is 3.43. The van der Waals surface area contributed by atoms with E-state index in [0.717, 1.165) is 33.4 Å². The SMILES string of the molecule is NC(=O)c1cccc(-c2cccc(-n3cnc4ccc(-c5nn[nH]n5)cc43)c2)c1. The highest BCUT2D eigenvalue weighted by Gasteiger charge is 2.10. The zero-order valence-electron chi connectivity index (χ0n) is 15.1. The van der Waals surface area contributed by atoms with Crippen molar-refractivity contribution >= 4 is 16.9 Å². The van der Waals surface area contributed by atoms with Crippen molar-refractivity contribution in [2.24, 2.45) is 5.73 Å². The Balaban J connectivity index is 1.61. The fourth-order valence-electron chi connectivity index (χ4n) is 3.32. The molecule has 1 amide bonds. The van der Waals surface area contributed by atoms with Crippen LogP contribution in [0.15, 0.2) is 73.1 Å². The van der Waals surface area contributed by atoms with Crippen LogP contribution in [-0.2, 0) is 0 Å². The van der Waals surface area contributed by atoms with E-state index in [4.69, 9.17) is 5.73 Å². The fraction of sp³-hybridized carbons (Fsp3) is 0. The number of benzene rings is 3. The molecule has 0 bridgehead atoms. The number of aromatic amines is 1. The Bertz CT molecular complexity index is 1340. The lowest BCUT2D eigenvalue weighted by atomic mass is 10.0. The number of hydrogen-bond acceptors (Lipinski definition) is 5. The van der Waals surface area contributed by atoms with Crippen molar-refractivity contribution in [1.82, 2.24) is 30.2 Å². The van der Waals surface area contributed by atoms with Gasteiger partial charge in [-0.15, -0.1) is 10.2 Å². The molecular formula is C21H15N7O. The van der Waals surface area contributed by atoms with Crippen molar-refractivity contribution in [3.63, 3.8) is 0 Å². The Morgan fingerprint density at radius 1 is 0.931 bits per heavy atom. The number of carbonyl (C=O) groups is 1. The van der Waals surface area contributed by atoms with Crippen molar-refractivity contribution in [2.75, 3.05) is 0 Å². The third-order valence-electron chi connectivity index (χ3n) is 4.76. The molecule has 3 aromatic carbocycles. The van der Waals surface area contributed by atoms with E-state index in [1.165, 1.54) is 0 Å². The summed E-state index contributed by atoms with van der Waals surface area (Å²) in [5.74, 6) is 0.0780. The maximum atomic E-state index is 11.5. The third kappa shape index (κ3) is 3.02. The Kier molecular flexibility index (Phi) is 3.87. The van der Waals surface area contributed by atoms with Crippen molar-refractivity contribution in [3.05, 3.63) is 78.6 Å². The lowest BCUT2D eigenvalue weighted by Crippen LogP contribution is -2.10. The largest absolute Gasteiger partial charge is 0.366 e. The molecule has 5 rings (SSSR count). The molecule has 0 aliphatic carbocycles. The number of hydrogen-bond donors (Lipinski definition) is 2. The van der Waals surface area contributed by atoms with Gasteiger partial charge in [0.05, 0.1) is 11.0 Å². The molecule has 2 aromatic heterocycles. The van der Waals surface area contributed by atoms with Crippen LogP contribution in [0, 0.1) is 0 Å². The number of aromatic nitrogens is 6. The molecule has 0 unspecified atom stereocenters. The number of carbonyl (C=O) groups excluding carboxylic acids is 1. The van der Waals surface area contributed by atoms with Crippen LogP contribution in [0.25, 0.3) is 39.2 Å². The molecule has 140 valence electrons. The number of imidazole rings is 1. The van der Waals surface area contributed by atoms with Crippen LogP contribution in [0.2, 0.25) is 0 Å². The van der Waals surface area contributed by atoms with Gasteiger partial charge in [-0.2, -0.15) is 5.21 Å². The molecule has 2 heterocycles. The first-order chi connectivity index (χ1) is 14.2. The van der Waals surface area contributed by atoms with Gasteiger partial charge >= 0.3 is 0 Å². The number of amides is 1. The molecule has 0 saturated heterocycles. The van der Waals surface area contributed by atoms with E-state index in [0.29, 0.717) is 11.4 Å². The lowest BCUT2D eigenvalue weighted by molar-refractivity contribution is 0.100. The molecule has 8 heteroatoms. The van der Waals surface area contributed by atoms with E-state index in [1.807, 2.05) is 59.2 Å². The summed E-state index contributed by atoms with van der Waals surface area (Å²) < 4.78 is 2.00. The van der Waals surface area contributed by atoms with Crippen molar-refractivity contribution in [3.8, 4) is 28.2 Å². The number of nitrogens with one attached hydrogen (secondary N) is 1. The molecule has 0 radical (unpaired) electrons. The van der Waals surface area contributed by atoms with Crippen LogP contribution < -0.4 is 5.73 Å². The summed E-state index contributed by atoms with van der Waals surface area (Å²) in [6.45, 7) is 0. The number of tetrazole rings is 1. The first-order valence-electron chi connectivity index (χ1n) is 8.91. The smallest absolute Gasteiger partial charge is 0.248 e. The van der Waals surface area contributed by atoms with E-state index in [9.17, 15) is 4.79 Å². The minimum atomic E-state index is -0.447. The Hall–Kier alpha value is -4.33. The Morgan fingerprint density at radius 2 is 1.76 bits per heavy atom. The molecular weight excluding hydrogens is 366 g/mol. The molecule has 0 aliphatic heterocycles. The summed E-state index contributed by atoms with van der Waals surface area (Å²) >= 11 is 0. The van der Waals surface area contributed by atoms with Crippen LogP contribution in [0.3, 0.4) is 0 Å². The fourth-order valence-corrected chi connectivity index (χ4v) is 3.32. The van der Waals surface area contributed by atoms with E-state index in [1.54, 1.807) is 18.5 Å². The number of fused-ring (bicyclic) bond motifs is 1. The summed E-state index contributed by atoms with van der Waals surface area (Å²) in [5, 5.41) is 14.2. The Morgan fingerprint density at radius 3 is 2.55 bits per heavy atom. The van der Waals surface area contributed by atoms with Gasteiger partial charge < -0.3 is 5.73 Å². The molecule has 0 atom stereocenters. The van der Waals surface area contributed by atoms with Crippen molar-refractivity contribution < 1.29 is 4.79 Å². The first-order valence-corrected chi connectivity index (χ1v) is 8.91. The highest BCUT2D eigenvalue weighted by atomic mass is 16.1. The average molecular weight is 381 g/mol. The summed E-state index contributed by atoms with van der Waals surface area (Å²) in [5.41, 5.74) is 11.4. The van der Waals surface area contributed by atoms with Gasteiger partial charge in [-0.1, -0.05) is 24.3 Å². The molecule has 29 heavy (non-hydrogen) atoms. The van der Waals surface area contributed by atoms with E-state index in [-0.39, 0.29) is 0 Å². The third-order valence-corrected chi connectivity index (χ3v) is 4.76. The predicted octanol–water partition coefficient (Wildman–Crippen LogP) is 2.97. The van der Waals surface area contributed by atoms with Gasteiger partial charge in [-0.3, -0.25) is 9.36 Å². The monoisotopic (exact) mass is 381 g/mol. The van der Waals surface area contributed by atoms with Gasteiger partial charge in [0.1, 0.15) is 6.33 Å². The standard InChI is InChI=1S/C21H15N7O/c22-20(29)15-5-1-3-13(9-15)14-4-2-6-17(10-14)28-12-23-18-8-7-16(11-19(18)28)21-24-26-27-25-21/h1-12H,(H2,22,29)(H,24,25,26,27). The second kappa shape index (κ2) is 6.68. The van der Waals surface area contributed by atoms with Crippen LogP contribution in [-0.4, -0.2) is 36.1 Å². The van der Waals surface area contributed by atoms with Crippen LogP contribution >= 0.6 is 0 Å².